The predicted molar refractivity (Wildman–Crippen MR) is 67.9 cm³/mol. The molecular weight excluding hydrogens is 266 g/mol. The molecule has 1 unspecified atom stereocenters. The van der Waals surface area contributed by atoms with Gasteiger partial charge in [-0.1, -0.05) is 6.07 Å². The van der Waals surface area contributed by atoms with E-state index in [-0.39, 0.29) is 0 Å². The molecule has 3 rings (SSSR count). The molecule has 0 amide bonds. The molecule has 1 saturated heterocycles. The normalized spacial score (nSPS) is 20.8. The highest BCUT2D eigenvalue weighted by atomic mass is 79.9. The highest BCUT2D eigenvalue weighted by molar-refractivity contribution is 9.10. The van der Waals surface area contributed by atoms with Crippen LogP contribution >= 0.6 is 15.9 Å². The first-order valence-electron chi connectivity index (χ1n) is 5.61. The lowest BCUT2D eigenvalue weighted by molar-refractivity contribution is 0.697. The molecule has 84 valence electrons. The van der Waals surface area contributed by atoms with Gasteiger partial charge in [-0.2, -0.15) is 0 Å². The van der Waals surface area contributed by atoms with E-state index in [1.807, 2.05) is 0 Å². The first-order valence-corrected chi connectivity index (χ1v) is 6.40. The van der Waals surface area contributed by atoms with Gasteiger partial charge in [-0.3, -0.25) is 0 Å². The fraction of sp³-hybridized carbons (Fsp3) is 0.417. The third-order valence-corrected chi connectivity index (χ3v) is 3.83. The quantitative estimate of drug-likeness (QED) is 0.869. The zero-order chi connectivity index (χ0) is 11.1. The van der Waals surface area contributed by atoms with Crippen molar-refractivity contribution in [3.63, 3.8) is 0 Å². The van der Waals surface area contributed by atoms with Crippen molar-refractivity contribution >= 4 is 21.4 Å². The summed E-state index contributed by atoms with van der Waals surface area (Å²) in [6, 6.07) is 4.21. The molecule has 1 fully saturated rings. The fourth-order valence-corrected chi connectivity index (χ4v) is 3.13. The Kier molecular flexibility index (Phi) is 2.48. The van der Waals surface area contributed by atoms with Gasteiger partial charge in [0.05, 0.1) is 5.52 Å². The number of imidazole rings is 1. The number of halogens is 1. The Hall–Kier alpha value is -0.870. The van der Waals surface area contributed by atoms with Crippen LogP contribution in [0.3, 0.4) is 0 Å². The Labute approximate surface area is 103 Å². The average Bonchev–Trinajstić information content (AvgIpc) is 2.86. The smallest absolute Gasteiger partial charge is 0.132 e. The number of pyridine rings is 1. The van der Waals surface area contributed by atoms with Gasteiger partial charge in [0, 0.05) is 18.7 Å². The number of fused-ring (bicyclic) bond motifs is 1. The van der Waals surface area contributed by atoms with Gasteiger partial charge in [0.15, 0.2) is 0 Å². The number of aromatic nitrogens is 2. The van der Waals surface area contributed by atoms with Crippen molar-refractivity contribution in [2.24, 2.45) is 0 Å². The molecule has 0 radical (unpaired) electrons. The van der Waals surface area contributed by atoms with Crippen molar-refractivity contribution < 1.29 is 0 Å². The van der Waals surface area contributed by atoms with Crippen LogP contribution in [-0.2, 0) is 0 Å². The minimum absolute atomic E-state index is 0.542. The van der Waals surface area contributed by atoms with Crippen molar-refractivity contribution in [2.45, 2.75) is 19.3 Å². The van der Waals surface area contributed by atoms with Crippen LogP contribution < -0.4 is 5.32 Å². The zero-order valence-corrected chi connectivity index (χ0v) is 10.8. The van der Waals surface area contributed by atoms with Crippen LogP contribution in [0.5, 0.6) is 0 Å². The summed E-state index contributed by atoms with van der Waals surface area (Å²) < 4.78 is 3.18. The highest BCUT2D eigenvalue weighted by Gasteiger charge is 2.22. The van der Waals surface area contributed by atoms with E-state index in [1.165, 1.54) is 23.3 Å². The molecule has 0 bridgehead atoms. The van der Waals surface area contributed by atoms with Crippen molar-refractivity contribution in [1.29, 1.82) is 0 Å². The summed E-state index contributed by atoms with van der Waals surface area (Å²) in [5.41, 5.74) is 2.46. The Morgan fingerprint density at radius 2 is 2.44 bits per heavy atom. The van der Waals surface area contributed by atoms with E-state index < -0.39 is 0 Å². The van der Waals surface area contributed by atoms with Crippen LogP contribution in [0.15, 0.2) is 22.9 Å². The van der Waals surface area contributed by atoms with Gasteiger partial charge in [0.1, 0.15) is 10.4 Å². The van der Waals surface area contributed by atoms with E-state index in [9.17, 15) is 0 Å². The molecule has 1 atom stereocenters. The van der Waals surface area contributed by atoms with Crippen molar-refractivity contribution in [3.8, 4) is 0 Å². The van der Waals surface area contributed by atoms with Gasteiger partial charge in [-0.25, -0.2) is 4.98 Å². The van der Waals surface area contributed by atoms with E-state index in [4.69, 9.17) is 0 Å². The second-order valence-corrected chi connectivity index (χ2v) is 5.11. The molecule has 16 heavy (non-hydrogen) atoms. The summed E-state index contributed by atoms with van der Waals surface area (Å²) in [4.78, 5) is 4.67. The summed E-state index contributed by atoms with van der Waals surface area (Å²) in [5.74, 6) is 1.72. The van der Waals surface area contributed by atoms with E-state index in [0.717, 1.165) is 17.7 Å². The largest absolute Gasteiger partial charge is 0.316 e. The number of hydrogen-bond acceptors (Lipinski definition) is 2. The van der Waals surface area contributed by atoms with Gasteiger partial charge in [0.25, 0.3) is 0 Å². The van der Waals surface area contributed by atoms with E-state index >= 15 is 0 Å². The summed E-state index contributed by atoms with van der Waals surface area (Å²) in [5, 5.41) is 3.39. The van der Waals surface area contributed by atoms with Gasteiger partial charge >= 0.3 is 0 Å². The predicted octanol–water partition coefficient (Wildman–Crippen LogP) is 2.48. The summed E-state index contributed by atoms with van der Waals surface area (Å²) in [6.45, 7) is 4.26. The van der Waals surface area contributed by atoms with E-state index in [1.54, 1.807) is 0 Å². The molecule has 2 aromatic rings. The maximum atomic E-state index is 4.67. The van der Waals surface area contributed by atoms with Crippen molar-refractivity contribution in [3.05, 3.63) is 34.3 Å². The second kappa shape index (κ2) is 3.86. The molecule has 2 aromatic heterocycles. The summed E-state index contributed by atoms with van der Waals surface area (Å²) >= 11 is 3.56. The van der Waals surface area contributed by atoms with Crippen LogP contribution in [0, 0.1) is 6.92 Å². The third kappa shape index (κ3) is 1.48. The molecule has 3 heterocycles. The lowest BCUT2D eigenvalue weighted by atomic mass is 10.1. The van der Waals surface area contributed by atoms with Gasteiger partial charge < -0.3 is 9.72 Å². The Balaban J connectivity index is 2.22. The van der Waals surface area contributed by atoms with Crippen LogP contribution in [0.2, 0.25) is 0 Å². The van der Waals surface area contributed by atoms with Crippen LogP contribution in [0.1, 0.15) is 23.7 Å². The molecule has 3 nitrogen and oxygen atoms in total. The Morgan fingerprint density at radius 3 is 3.19 bits per heavy atom. The standard InChI is InChI=1S/C12H14BrN3/c1-8-3-2-6-16-10(8)11(13)15-12(16)9-4-5-14-7-9/h2-3,6,9,14H,4-5,7H2,1H3. The maximum absolute atomic E-state index is 4.67. The van der Waals surface area contributed by atoms with E-state index in [0.29, 0.717) is 5.92 Å². The van der Waals surface area contributed by atoms with Gasteiger partial charge in [0.2, 0.25) is 0 Å². The van der Waals surface area contributed by atoms with Crippen LogP contribution in [0.4, 0.5) is 0 Å². The summed E-state index contributed by atoms with van der Waals surface area (Å²) in [7, 11) is 0. The van der Waals surface area contributed by atoms with Crippen LogP contribution in [-0.4, -0.2) is 22.5 Å². The monoisotopic (exact) mass is 279 g/mol. The molecular formula is C12H14BrN3. The van der Waals surface area contributed by atoms with Gasteiger partial charge in [-0.15, -0.1) is 0 Å². The third-order valence-electron chi connectivity index (χ3n) is 3.28. The molecule has 0 aromatic carbocycles. The molecule has 1 aliphatic rings. The topological polar surface area (TPSA) is 29.3 Å². The van der Waals surface area contributed by atoms with E-state index in [2.05, 4.69) is 55.9 Å². The van der Waals surface area contributed by atoms with Gasteiger partial charge in [-0.05, 0) is 47.4 Å². The Bertz CT molecular complexity index is 526. The first-order chi connectivity index (χ1) is 7.77. The average molecular weight is 280 g/mol. The first kappa shape index (κ1) is 10.3. The number of nitrogens with one attached hydrogen (secondary N) is 1. The minimum atomic E-state index is 0.542. The molecule has 0 saturated carbocycles. The highest BCUT2D eigenvalue weighted by Crippen LogP contribution is 2.28. The number of aryl methyl sites for hydroxylation is 1. The zero-order valence-electron chi connectivity index (χ0n) is 9.20. The molecule has 1 aliphatic heterocycles. The fourth-order valence-electron chi connectivity index (χ4n) is 2.44. The molecule has 1 N–H and O–H groups in total. The lowest BCUT2D eigenvalue weighted by Crippen LogP contribution is -2.10. The molecule has 0 aliphatic carbocycles. The molecule has 0 spiro atoms. The summed E-state index contributed by atoms with van der Waals surface area (Å²) in [6.07, 6.45) is 3.28. The number of hydrogen-bond donors (Lipinski definition) is 1. The minimum Gasteiger partial charge on any atom is -0.316 e. The van der Waals surface area contributed by atoms with Crippen LogP contribution in [0.25, 0.3) is 5.52 Å². The second-order valence-electron chi connectivity index (χ2n) is 4.36. The van der Waals surface area contributed by atoms with Crippen molar-refractivity contribution in [1.82, 2.24) is 14.7 Å². The molecule has 4 heteroatoms. The number of nitrogens with zero attached hydrogens (tertiary/aromatic N) is 2. The maximum Gasteiger partial charge on any atom is 0.132 e. The van der Waals surface area contributed by atoms with Crippen molar-refractivity contribution in [2.75, 3.05) is 13.1 Å². The SMILES string of the molecule is Cc1cccn2c(C3CCNC3)nc(Br)c12. The Morgan fingerprint density at radius 1 is 1.56 bits per heavy atom. The number of rotatable bonds is 1. The lowest BCUT2D eigenvalue weighted by Gasteiger charge is -2.07.